The van der Waals surface area contributed by atoms with Crippen molar-refractivity contribution < 1.29 is 0 Å². The summed E-state index contributed by atoms with van der Waals surface area (Å²) in [6.45, 7) is 0. The van der Waals surface area contributed by atoms with Crippen molar-refractivity contribution >= 4 is 5.84 Å². The van der Waals surface area contributed by atoms with Gasteiger partial charge in [0.05, 0.1) is 6.42 Å². The van der Waals surface area contributed by atoms with E-state index in [4.69, 9.17) is 5.73 Å². The highest BCUT2D eigenvalue weighted by Crippen LogP contribution is 2.02. The number of hydrogen-bond acceptors (Lipinski definition) is 4. The Hall–Kier alpha value is -1.39. The Bertz CT molecular complexity index is 260. The Morgan fingerprint density at radius 2 is 2.56 bits per heavy atom. The molecular weight excluding hydrogens is 118 g/mol. The summed E-state index contributed by atoms with van der Waals surface area (Å²) in [5.74, 6) is 1.41. The van der Waals surface area contributed by atoms with E-state index in [-0.39, 0.29) is 0 Å². The van der Waals surface area contributed by atoms with Crippen LogP contribution in [-0.4, -0.2) is 20.7 Å². The third-order valence-corrected chi connectivity index (χ3v) is 1.17. The van der Waals surface area contributed by atoms with Crippen LogP contribution in [0.2, 0.25) is 0 Å². The van der Waals surface area contributed by atoms with E-state index in [1.807, 2.05) is 0 Å². The second kappa shape index (κ2) is 1.31. The molecule has 5 heteroatoms. The summed E-state index contributed by atoms with van der Waals surface area (Å²) < 4.78 is 1.58. The van der Waals surface area contributed by atoms with Crippen LogP contribution in [0.15, 0.2) is 11.4 Å². The molecular formula is C4H5N5. The van der Waals surface area contributed by atoms with Gasteiger partial charge >= 0.3 is 0 Å². The fourth-order valence-corrected chi connectivity index (χ4v) is 0.789. The first-order valence-corrected chi connectivity index (χ1v) is 2.58. The predicted molar refractivity (Wildman–Crippen MR) is 30.7 cm³/mol. The fourth-order valence-electron chi connectivity index (χ4n) is 0.789. The first-order valence-electron chi connectivity index (χ1n) is 2.58. The molecule has 0 bridgehead atoms. The van der Waals surface area contributed by atoms with Crippen LogP contribution < -0.4 is 5.73 Å². The molecule has 0 amide bonds. The van der Waals surface area contributed by atoms with Crippen LogP contribution in [0.5, 0.6) is 0 Å². The molecule has 0 saturated carbocycles. The number of amidine groups is 1. The van der Waals surface area contributed by atoms with Crippen molar-refractivity contribution in [3.8, 4) is 0 Å². The lowest BCUT2D eigenvalue weighted by molar-refractivity contribution is 0.859. The fraction of sp³-hybridized carbons (Fsp3) is 0.250. The molecule has 1 aromatic heterocycles. The SMILES string of the molecule is NC1=Nn2cnnc2C1. The van der Waals surface area contributed by atoms with E-state index in [0.29, 0.717) is 12.3 Å². The summed E-state index contributed by atoms with van der Waals surface area (Å²) in [6.07, 6.45) is 2.16. The number of nitrogens with two attached hydrogens (primary N) is 1. The van der Waals surface area contributed by atoms with Gasteiger partial charge in [-0.15, -0.1) is 10.2 Å². The monoisotopic (exact) mass is 123 g/mol. The maximum Gasteiger partial charge on any atom is 0.161 e. The van der Waals surface area contributed by atoms with Crippen LogP contribution in [0.3, 0.4) is 0 Å². The van der Waals surface area contributed by atoms with E-state index in [9.17, 15) is 0 Å². The molecule has 0 atom stereocenters. The smallest absolute Gasteiger partial charge is 0.161 e. The number of rotatable bonds is 0. The van der Waals surface area contributed by atoms with E-state index in [1.165, 1.54) is 6.33 Å². The maximum atomic E-state index is 5.39. The summed E-state index contributed by atoms with van der Waals surface area (Å²) >= 11 is 0. The summed E-state index contributed by atoms with van der Waals surface area (Å²) in [6, 6.07) is 0. The second-order valence-corrected chi connectivity index (χ2v) is 1.86. The van der Waals surface area contributed by atoms with Crippen LogP contribution in [0.1, 0.15) is 5.82 Å². The average molecular weight is 123 g/mol. The molecule has 2 rings (SSSR count). The minimum absolute atomic E-state index is 0.597. The molecule has 46 valence electrons. The Morgan fingerprint density at radius 3 is 3.33 bits per heavy atom. The van der Waals surface area contributed by atoms with Crippen LogP contribution >= 0.6 is 0 Å². The molecule has 0 saturated heterocycles. The lowest BCUT2D eigenvalue weighted by Gasteiger charge is -1.80. The van der Waals surface area contributed by atoms with Gasteiger partial charge < -0.3 is 5.73 Å². The summed E-state index contributed by atoms with van der Waals surface area (Å²) in [5, 5.41) is 11.3. The topological polar surface area (TPSA) is 69.1 Å². The highest BCUT2D eigenvalue weighted by Gasteiger charge is 2.11. The third kappa shape index (κ3) is 0.509. The Kier molecular flexibility index (Phi) is 0.652. The van der Waals surface area contributed by atoms with E-state index < -0.39 is 0 Å². The quantitative estimate of drug-likeness (QED) is 0.478. The Labute approximate surface area is 51.2 Å². The van der Waals surface area contributed by atoms with Gasteiger partial charge in [-0.2, -0.15) is 5.10 Å². The normalized spacial score (nSPS) is 15.3. The van der Waals surface area contributed by atoms with Crippen molar-refractivity contribution in [3.05, 3.63) is 12.2 Å². The molecule has 0 radical (unpaired) electrons. The van der Waals surface area contributed by atoms with E-state index in [1.54, 1.807) is 4.68 Å². The molecule has 9 heavy (non-hydrogen) atoms. The summed E-state index contributed by atoms with van der Waals surface area (Å²) in [7, 11) is 0. The van der Waals surface area contributed by atoms with Crippen molar-refractivity contribution in [2.45, 2.75) is 6.42 Å². The molecule has 0 unspecified atom stereocenters. The average Bonchev–Trinajstić information content (AvgIpc) is 2.22. The van der Waals surface area contributed by atoms with Crippen LogP contribution in [-0.2, 0) is 6.42 Å². The lowest BCUT2D eigenvalue weighted by Crippen LogP contribution is -2.10. The third-order valence-electron chi connectivity index (χ3n) is 1.17. The standard InChI is InChI=1S/C4H5N5/c5-3-1-4-7-6-2-9(4)8-3/h2H,1H2,(H2,5,8). The van der Waals surface area contributed by atoms with Gasteiger partial charge in [-0.25, -0.2) is 4.68 Å². The van der Waals surface area contributed by atoms with Gasteiger partial charge in [-0.3, -0.25) is 0 Å². The van der Waals surface area contributed by atoms with Crippen molar-refractivity contribution in [1.29, 1.82) is 0 Å². The van der Waals surface area contributed by atoms with Gasteiger partial charge in [0.2, 0.25) is 0 Å². The number of nitrogens with zero attached hydrogens (tertiary/aromatic N) is 4. The number of hydrogen-bond donors (Lipinski definition) is 1. The van der Waals surface area contributed by atoms with Gasteiger partial charge in [0.15, 0.2) is 5.82 Å². The van der Waals surface area contributed by atoms with Crippen LogP contribution in [0.4, 0.5) is 0 Å². The highest BCUT2D eigenvalue weighted by atomic mass is 15.5. The minimum atomic E-state index is 0.597. The van der Waals surface area contributed by atoms with E-state index in [2.05, 4.69) is 15.3 Å². The summed E-state index contributed by atoms with van der Waals surface area (Å²) in [5.41, 5.74) is 5.39. The van der Waals surface area contributed by atoms with Crippen molar-refractivity contribution in [2.75, 3.05) is 0 Å². The van der Waals surface area contributed by atoms with Crippen LogP contribution in [0.25, 0.3) is 0 Å². The first-order chi connectivity index (χ1) is 4.36. The molecule has 1 aliphatic rings. The van der Waals surface area contributed by atoms with Gasteiger partial charge in [-0.05, 0) is 0 Å². The summed E-state index contributed by atoms with van der Waals surface area (Å²) in [4.78, 5) is 0. The van der Waals surface area contributed by atoms with Crippen molar-refractivity contribution in [2.24, 2.45) is 10.8 Å². The molecule has 0 fully saturated rings. The lowest BCUT2D eigenvalue weighted by atomic mass is 10.4. The van der Waals surface area contributed by atoms with Crippen molar-refractivity contribution in [3.63, 3.8) is 0 Å². The molecule has 0 aromatic carbocycles. The van der Waals surface area contributed by atoms with Gasteiger partial charge in [0.25, 0.3) is 0 Å². The second-order valence-electron chi connectivity index (χ2n) is 1.86. The molecule has 1 aliphatic heterocycles. The van der Waals surface area contributed by atoms with Gasteiger partial charge in [0.1, 0.15) is 12.2 Å². The molecule has 2 N–H and O–H groups in total. The van der Waals surface area contributed by atoms with Crippen LogP contribution in [0, 0.1) is 0 Å². The minimum Gasteiger partial charge on any atom is -0.385 e. The maximum absolute atomic E-state index is 5.39. The van der Waals surface area contributed by atoms with Gasteiger partial charge in [-0.1, -0.05) is 0 Å². The van der Waals surface area contributed by atoms with Gasteiger partial charge in [0, 0.05) is 0 Å². The molecule has 0 spiro atoms. The van der Waals surface area contributed by atoms with E-state index in [0.717, 1.165) is 5.82 Å². The Balaban J connectivity index is 2.55. The molecule has 0 aliphatic carbocycles. The number of fused-ring (bicyclic) bond motifs is 1. The van der Waals surface area contributed by atoms with Crippen molar-refractivity contribution in [1.82, 2.24) is 14.9 Å². The molecule has 5 nitrogen and oxygen atoms in total. The molecule has 2 heterocycles. The Morgan fingerprint density at radius 1 is 1.67 bits per heavy atom. The highest BCUT2D eigenvalue weighted by molar-refractivity contribution is 5.83. The predicted octanol–water partition coefficient (Wildman–Crippen LogP) is -1.05. The zero-order valence-electron chi connectivity index (χ0n) is 4.65. The number of aromatic nitrogens is 3. The van der Waals surface area contributed by atoms with E-state index >= 15 is 0 Å². The molecule has 1 aromatic rings. The zero-order chi connectivity index (χ0) is 6.27. The zero-order valence-corrected chi connectivity index (χ0v) is 4.65. The largest absolute Gasteiger partial charge is 0.385 e. The first kappa shape index (κ1) is 4.49.